The van der Waals surface area contributed by atoms with E-state index in [1.807, 2.05) is 6.07 Å². The minimum atomic E-state index is -1.42. The number of fused-ring (bicyclic) bond motifs is 1. The molecule has 1 unspecified atom stereocenters. The van der Waals surface area contributed by atoms with Gasteiger partial charge in [-0.2, -0.15) is 5.26 Å². The van der Waals surface area contributed by atoms with Crippen LogP contribution in [0.1, 0.15) is 10.5 Å². The number of nitriles is 1. The zero-order valence-corrected chi connectivity index (χ0v) is 13.6. The molecule has 1 aromatic carbocycles. The summed E-state index contributed by atoms with van der Waals surface area (Å²) in [5.74, 6) is -1.05. The number of Topliss-reactive ketones (excluding diaryl/α,β-unsaturated/α-hetero) is 1. The van der Waals surface area contributed by atoms with E-state index in [0.29, 0.717) is 10.9 Å². The molecular formula is C15H15FN4O2S. The molecule has 0 aliphatic carbocycles. The summed E-state index contributed by atoms with van der Waals surface area (Å²) in [6.45, 7) is 0. The molecule has 0 saturated carbocycles. The predicted molar refractivity (Wildman–Crippen MR) is 87.7 cm³/mol. The number of aromatic nitrogens is 1. The van der Waals surface area contributed by atoms with Crippen LogP contribution in [-0.2, 0) is 11.4 Å². The summed E-state index contributed by atoms with van der Waals surface area (Å²) in [6.07, 6.45) is 2.81. The smallest absolute Gasteiger partial charge is 0.221 e. The third-order valence-electron chi connectivity index (χ3n) is 2.96. The normalized spacial score (nSPS) is 12.8. The van der Waals surface area contributed by atoms with E-state index < -0.39 is 23.0 Å². The fourth-order valence-corrected chi connectivity index (χ4v) is 2.52. The highest BCUT2D eigenvalue weighted by molar-refractivity contribution is 7.92. The van der Waals surface area contributed by atoms with Crippen molar-refractivity contribution >= 4 is 33.7 Å². The topological polar surface area (TPSA) is 95.0 Å². The Morgan fingerprint density at radius 2 is 2.17 bits per heavy atom. The Hall–Kier alpha value is -2.50. The van der Waals surface area contributed by atoms with Crippen molar-refractivity contribution < 1.29 is 13.7 Å². The minimum absolute atomic E-state index is 0.0324. The van der Waals surface area contributed by atoms with Gasteiger partial charge in [-0.05, 0) is 18.2 Å². The first kappa shape index (κ1) is 16.9. The van der Waals surface area contributed by atoms with Crippen molar-refractivity contribution in [2.75, 3.05) is 25.1 Å². The van der Waals surface area contributed by atoms with Gasteiger partial charge in [0.2, 0.25) is 5.78 Å². The lowest BCUT2D eigenvalue weighted by atomic mass is 10.1. The van der Waals surface area contributed by atoms with Crippen LogP contribution in [0.25, 0.3) is 10.9 Å². The van der Waals surface area contributed by atoms with Gasteiger partial charge in [-0.15, -0.1) is 0 Å². The summed E-state index contributed by atoms with van der Waals surface area (Å²) in [6, 6.07) is 6.00. The Morgan fingerprint density at radius 3 is 2.74 bits per heavy atom. The summed E-state index contributed by atoms with van der Waals surface area (Å²) in [5, 5.41) is 9.57. The second-order valence-corrected chi connectivity index (χ2v) is 6.22. The number of H-pyrrole nitrogens is 1. The molecule has 6 nitrogen and oxygen atoms in total. The third-order valence-corrected chi connectivity index (χ3v) is 3.47. The maximum absolute atomic E-state index is 13.9. The van der Waals surface area contributed by atoms with Crippen LogP contribution in [0.5, 0.6) is 0 Å². The molecule has 2 aromatic rings. The van der Waals surface area contributed by atoms with Crippen molar-refractivity contribution in [2.24, 2.45) is 0 Å². The van der Waals surface area contributed by atoms with Gasteiger partial charge in [0.05, 0.1) is 17.1 Å². The second kappa shape index (κ2) is 6.73. The average molecular weight is 334 g/mol. The molecule has 0 saturated heterocycles. The molecule has 0 spiro atoms. The number of halogens is 1. The molecule has 0 radical (unpaired) electrons. The summed E-state index contributed by atoms with van der Waals surface area (Å²) < 4.78 is 27.6. The summed E-state index contributed by atoms with van der Waals surface area (Å²) in [4.78, 5) is 16.8. The number of allylic oxidation sites excluding steroid dienone is 1. The van der Waals surface area contributed by atoms with E-state index in [0.717, 1.165) is 0 Å². The van der Waals surface area contributed by atoms with Crippen LogP contribution in [0.2, 0.25) is 0 Å². The zero-order chi connectivity index (χ0) is 17.1. The van der Waals surface area contributed by atoms with E-state index in [1.54, 1.807) is 19.0 Å². The van der Waals surface area contributed by atoms with E-state index in [-0.39, 0.29) is 17.0 Å². The van der Waals surface area contributed by atoms with Gasteiger partial charge in [0.25, 0.3) is 0 Å². The molecule has 0 bridgehead atoms. The largest absolute Gasteiger partial charge is 0.593 e. The van der Waals surface area contributed by atoms with Crippen LogP contribution in [0.4, 0.5) is 10.1 Å². The first-order chi connectivity index (χ1) is 10.8. The van der Waals surface area contributed by atoms with Gasteiger partial charge in [0.15, 0.2) is 5.82 Å². The van der Waals surface area contributed by atoms with Crippen molar-refractivity contribution in [1.82, 2.24) is 9.88 Å². The number of anilines is 1. The lowest BCUT2D eigenvalue weighted by molar-refractivity contribution is 0.103. The highest BCUT2D eigenvalue weighted by Gasteiger charge is 2.17. The van der Waals surface area contributed by atoms with Crippen LogP contribution in [0.3, 0.4) is 0 Å². The maximum Gasteiger partial charge on any atom is 0.221 e. The summed E-state index contributed by atoms with van der Waals surface area (Å²) in [5.41, 5.74) is 0.729. The van der Waals surface area contributed by atoms with Gasteiger partial charge in [-0.1, -0.05) is 0 Å². The van der Waals surface area contributed by atoms with Gasteiger partial charge < -0.3 is 14.4 Å². The van der Waals surface area contributed by atoms with E-state index in [2.05, 4.69) is 9.71 Å². The highest BCUT2D eigenvalue weighted by atomic mass is 32.2. The van der Waals surface area contributed by atoms with Crippen molar-refractivity contribution in [2.45, 2.75) is 0 Å². The molecule has 8 heteroatoms. The summed E-state index contributed by atoms with van der Waals surface area (Å²) in [7, 11) is 3.40. The van der Waals surface area contributed by atoms with Gasteiger partial charge in [0.1, 0.15) is 23.6 Å². The number of nitrogens with zero attached hydrogens (tertiary/aromatic N) is 2. The Labute approximate surface area is 135 Å². The minimum Gasteiger partial charge on any atom is -0.593 e. The van der Waals surface area contributed by atoms with Crippen LogP contribution in [-0.4, -0.2) is 40.6 Å². The van der Waals surface area contributed by atoms with Crippen molar-refractivity contribution in [3.8, 4) is 6.07 Å². The molecule has 120 valence electrons. The number of benzene rings is 1. The quantitative estimate of drug-likeness (QED) is 0.378. The number of hydrogen-bond acceptors (Lipinski definition) is 5. The van der Waals surface area contributed by atoms with E-state index in [4.69, 9.17) is 5.26 Å². The standard InChI is InChI=1S/C15H15FN4O2S/c1-20(2)8-10(7-17)15(21)14-5-9-4-11(16)13(19-23(3)22)6-12(9)18-14/h4-6,8,18-19H,1-3H3/b10-8+. The average Bonchev–Trinajstić information content (AvgIpc) is 2.86. The van der Waals surface area contributed by atoms with Gasteiger partial charge in [0, 0.05) is 31.2 Å². The van der Waals surface area contributed by atoms with Crippen molar-refractivity contribution in [1.29, 1.82) is 5.26 Å². The molecule has 1 heterocycles. The molecule has 0 aliphatic rings. The maximum atomic E-state index is 13.9. The van der Waals surface area contributed by atoms with E-state index in [9.17, 15) is 13.7 Å². The first-order valence-electron chi connectivity index (χ1n) is 6.57. The molecule has 0 amide bonds. The molecule has 2 N–H and O–H groups in total. The van der Waals surface area contributed by atoms with E-state index in [1.165, 1.54) is 30.7 Å². The SMILES string of the molecule is CN(C)/C=C(\C#N)C(=O)c1cc2cc(F)c(N[S+](C)[O-])cc2[nH]1. The van der Waals surface area contributed by atoms with Crippen molar-refractivity contribution in [3.05, 3.63) is 41.5 Å². The number of rotatable bonds is 5. The predicted octanol–water partition coefficient (Wildman–Crippen LogP) is 2.16. The molecule has 1 aromatic heterocycles. The van der Waals surface area contributed by atoms with Crippen LogP contribution < -0.4 is 4.72 Å². The second-order valence-electron chi connectivity index (χ2n) is 5.11. The number of hydrogen-bond donors (Lipinski definition) is 2. The van der Waals surface area contributed by atoms with Crippen molar-refractivity contribution in [3.63, 3.8) is 0 Å². The molecular weight excluding hydrogens is 319 g/mol. The Balaban J connectivity index is 2.44. The van der Waals surface area contributed by atoms with Gasteiger partial charge >= 0.3 is 0 Å². The molecule has 23 heavy (non-hydrogen) atoms. The number of ketones is 1. The lowest BCUT2D eigenvalue weighted by Gasteiger charge is -2.07. The number of aromatic amines is 1. The monoisotopic (exact) mass is 334 g/mol. The van der Waals surface area contributed by atoms with Gasteiger partial charge in [-0.25, -0.2) is 9.11 Å². The molecule has 1 atom stereocenters. The first-order valence-corrected chi connectivity index (χ1v) is 8.13. The summed E-state index contributed by atoms with van der Waals surface area (Å²) >= 11 is -1.42. The number of carbonyl (C=O) groups is 1. The van der Waals surface area contributed by atoms with Crippen LogP contribution in [0, 0.1) is 17.1 Å². The number of nitrogens with one attached hydrogen (secondary N) is 2. The Bertz CT molecular complexity index is 821. The third kappa shape index (κ3) is 3.83. The van der Waals surface area contributed by atoms with Crippen LogP contribution in [0.15, 0.2) is 30.0 Å². The van der Waals surface area contributed by atoms with E-state index >= 15 is 0 Å². The highest BCUT2D eigenvalue weighted by Crippen LogP contribution is 2.25. The zero-order valence-electron chi connectivity index (χ0n) is 12.8. The van der Waals surface area contributed by atoms with Crippen LogP contribution >= 0.6 is 0 Å². The lowest BCUT2D eigenvalue weighted by Crippen LogP contribution is -2.10. The fourth-order valence-electron chi connectivity index (χ4n) is 2.05. The Morgan fingerprint density at radius 1 is 1.48 bits per heavy atom. The fraction of sp³-hybridized carbons (Fsp3) is 0.200. The number of carbonyl (C=O) groups excluding carboxylic acids is 1. The molecule has 0 fully saturated rings. The molecule has 0 aliphatic heterocycles. The Kier molecular flexibility index (Phi) is 4.93. The molecule has 2 rings (SSSR count). The van der Waals surface area contributed by atoms with Gasteiger partial charge in [-0.3, -0.25) is 4.79 Å².